The van der Waals surface area contributed by atoms with Crippen molar-refractivity contribution in [1.29, 1.82) is 0 Å². The van der Waals surface area contributed by atoms with Crippen LogP contribution in [0, 0.1) is 0 Å². The molecule has 2 N–H and O–H groups in total. The van der Waals surface area contributed by atoms with Crippen LogP contribution in [0.15, 0.2) is 28.4 Å². The summed E-state index contributed by atoms with van der Waals surface area (Å²) < 4.78 is 0.868. The molecule has 2 aromatic rings. The number of thiazole rings is 1. The van der Waals surface area contributed by atoms with Gasteiger partial charge in [-0.15, -0.1) is 0 Å². The zero-order valence-corrected chi connectivity index (χ0v) is 11.3. The first-order valence-corrected chi connectivity index (χ1v) is 6.36. The summed E-state index contributed by atoms with van der Waals surface area (Å²) in [6.45, 7) is 0. The average molecular weight is 313 g/mol. The Morgan fingerprint density at radius 1 is 1.47 bits per heavy atom. The lowest BCUT2D eigenvalue weighted by atomic mass is 10.2. The molecule has 0 saturated carbocycles. The number of nitrogens with zero attached hydrogens (tertiary/aromatic N) is 2. The van der Waals surface area contributed by atoms with E-state index >= 15 is 0 Å². The number of carbonyl (C=O) groups excluding carboxylic acids is 1. The number of hydrogen-bond donors (Lipinski definition) is 2. The molecule has 0 unspecified atom stereocenters. The fraction of sp³-hybridized carbons (Fsp3) is 0.100. The topological polar surface area (TPSA) is 66.9 Å². The van der Waals surface area contributed by atoms with E-state index in [0.717, 1.165) is 9.47 Å². The summed E-state index contributed by atoms with van der Waals surface area (Å²) in [6, 6.07) is 1.74. The number of anilines is 2. The Morgan fingerprint density at radius 3 is 2.94 bits per heavy atom. The summed E-state index contributed by atoms with van der Waals surface area (Å²) in [7, 11) is 1.76. The Labute approximate surface area is 110 Å². The minimum absolute atomic E-state index is 0.232. The monoisotopic (exact) mass is 312 g/mol. The lowest BCUT2D eigenvalue weighted by Crippen LogP contribution is -2.14. The molecule has 0 aliphatic carbocycles. The number of carbonyl (C=O) groups is 1. The maximum Gasteiger partial charge on any atom is 0.261 e. The second kappa shape index (κ2) is 5.24. The first kappa shape index (κ1) is 12.0. The van der Waals surface area contributed by atoms with Gasteiger partial charge in [-0.05, 0) is 22.0 Å². The van der Waals surface area contributed by atoms with E-state index in [1.54, 1.807) is 25.5 Å². The van der Waals surface area contributed by atoms with Gasteiger partial charge in [0.1, 0.15) is 0 Å². The Hall–Kier alpha value is -1.47. The molecule has 2 aromatic heterocycles. The first-order chi connectivity index (χ1) is 8.20. The van der Waals surface area contributed by atoms with Gasteiger partial charge in [-0.3, -0.25) is 15.1 Å². The quantitative estimate of drug-likeness (QED) is 0.914. The molecular weight excluding hydrogens is 304 g/mol. The smallest absolute Gasteiger partial charge is 0.261 e. The van der Waals surface area contributed by atoms with E-state index in [1.165, 1.54) is 17.5 Å². The fourth-order valence-corrected chi connectivity index (χ4v) is 2.37. The molecule has 0 radical (unpaired) electrons. The SMILES string of the molecule is CNc1ccncc1C(=O)Nc1ncc(Br)s1. The molecule has 0 aromatic carbocycles. The number of nitrogens with one attached hydrogen (secondary N) is 2. The molecule has 7 heteroatoms. The van der Waals surface area contributed by atoms with Crippen LogP contribution in [-0.2, 0) is 0 Å². The molecule has 5 nitrogen and oxygen atoms in total. The van der Waals surface area contributed by atoms with Crippen molar-refractivity contribution in [1.82, 2.24) is 9.97 Å². The van der Waals surface area contributed by atoms with Gasteiger partial charge in [-0.2, -0.15) is 0 Å². The Bertz CT molecular complexity index is 543. The molecular formula is C10H9BrN4OS. The molecule has 2 heterocycles. The van der Waals surface area contributed by atoms with E-state index < -0.39 is 0 Å². The highest BCUT2D eigenvalue weighted by atomic mass is 79.9. The Kier molecular flexibility index (Phi) is 3.70. The van der Waals surface area contributed by atoms with E-state index in [-0.39, 0.29) is 5.91 Å². The van der Waals surface area contributed by atoms with Crippen LogP contribution in [0.25, 0.3) is 0 Å². The highest BCUT2D eigenvalue weighted by Gasteiger charge is 2.12. The van der Waals surface area contributed by atoms with Crippen LogP contribution in [0.5, 0.6) is 0 Å². The summed E-state index contributed by atoms with van der Waals surface area (Å²) in [6.07, 6.45) is 4.79. The minimum atomic E-state index is -0.232. The Balaban J connectivity index is 2.20. The third kappa shape index (κ3) is 2.80. The van der Waals surface area contributed by atoms with Crippen molar-refractivity contribution in [3.63, 3.8) is 0 Å². The summed E-state index contributed by atoms with van der Waals surface area (Å²) in [5, 5.41) is 6.20. The van der Waals surface area contributed by atoms with Crippen molar-refractivity contribution >= 4 is 44.0 Å². The number of aromatic nitrogens is 2. The van der Waals surface area contributed by atoms with Gasteiger partial charge in [0.05, 0.1) is 15.5 Å². The van der Waals surface area contributed by atoms with Gasteiger partial charge in [-0.25, -0.2) is 4.98 Å². The van der Waals surface area contributed by atoms with Crippen molar-refractivity contribution in [2.75, 3.05) is 17.7 Å². The van der Waals surface area contributed by atoms with Gasteiger partial charge < -0.3 is 5.32 Å². The molecule has 0 saturated heterocycles. The molecule has 0 aliphatic heterocycles. The van der Waals surface area contributed by atoms with Crippen LogP contribution in [0.2, 0.25) is 0 Å². The van der Waals surface area contributed by atoms with Crippen molar-refractivity contribution in [2.24, 2.45) is 0 Å². The van der Waals surface area contributed by atoms with Gasteiger partial charge >= 0.3 is 0 Å². The van der Waals surface area contributed by atoms with E-state index in [2.05, 4.69) is 36.5 Å². The molecule has 17 heavy (non-hydrogen) atoms. The van der Waals surface area contributed by atoms with Crippen molar-refractivity contribution in [3.05, 3.63) is 34.0 Å². The zero-order valence-electron chi connectivity index (χ0n) is 8.90. The summed E-state index contributed by atoms with van der Waals surface area (Å²) in [5.41, 5.74) is 1.22. The van der Waals surface area contributed by atoms with E-state index in [4.69, 9.17) is 0 Å². The van der Waals surface area contributed by atoms with Crippen molar-refractivity contribution in [2.45, 2.75) is 0 Å². The average Bonchev–Trinajstić information content (AvgIpc) is 2.74. The molecule has 0 bridgehead atoms. The van der Waals surface area contributed by atoms with E-state index in [9.17, 15) is 4.79 Å². The summed E-state index contributed by atoms with van der Waals surface area (Å²) in [4.78, 5) is 19.9. The molecule has 2 rings (SSSR count). The molecule has 1 amide bonds. The number of halogens is 1. The molecule has 0 fully saturated rings. The fourth-order valence-electron chi connectivity index (χ4n) is 1.27. The predicted octanol–water partition coefficient (Wildman–Crippen LogP) is 2.59. The second-order valence-electron chi connectivity index (χ2n) is 3.09. The van der Waals surface area contributed by atoms with E-state index in [1.807, 2.05) is 0 Å². The third-order valence-electron chi connectivity index (χ3n) is 2.03. The van der Waals surface area contributed by atoms with Gasteiger partial charge in [-0.1, -0.05) is 11.3 Å². The van der Waals surface area contributed by atoms with Crippen LogP contribution in [0.1, 0.15) is 10.4 Å². The molecule has 0 atom stereocenters. The van der Waals surface area contributed by atoms with Gasteiger partial charge in [0.2, 0.25) is 0 Å². The van der Waals surface area contributed by atoms with Gasteiger partial charge in [0.15, 0.2) is 5.13 Å². The van der Waals surface area contributed by atoms with Crippen LogP contribution in [-0.4, -0.2) is 22.9 Å². The number of amides is 1. The third-order valence-corrected chi connectivity index (χ3v) is 3.42. The van der Waals surface area contributed by atoms with E-state index in [0.29, 0.717) is 10.7 Å². The van der Waals surface area contributed by atoms with Crippen LogP contribution < -0.4 is 10.6 Å². The van der Waals surface area contributed by atoms with Crippen LogP contribution in [0.3, 0.4) is 0 Å². The maximum atomic E-state index is 12.0. The lowest BCUT2D eigenvalue weighted by Gasteiger charge is -2.06. The summed E-state index contributed by atoms with van der Waals surface area (Å²) >= 11 is 4.64. The first-order valence-electron chi connectivity index (χ1n) is 4.75. The molecule has 88 valence electrons. The second-order valence-corrected chi connectivity index (χ2v) is 5.50. The highest BCUT2D eigenvalue weighted by Crippen LogP contribution is 2.24. The molecule has 0 spiro atoms. The largest absolute Gasteiger partial charge is 0.387 e. The molecule has 0 aliphatic rings. The van der Waals surface area contributed by atoms with Gasteiger partial charge in [0, 0.05) is 25.1 Å². The summed E-state index contributed by atoms with van der Waals surface area (Å²) in [5.74, 6) is -0.232. The number of pyridine rings is 1. The van der Waals surface area contributed by atoms with Crippen molar-refractivity contribution in [3.8, 4) is 0 Å². The van der Waals surface area contributed by atoms with Crippen LogP contribution in [0.4, 0.5) is 10.8 Å². The highest BCUT2D eigenvalue weighted by molar-refractivity contribution is 9.11. The predicted molar refractivity (Wildman–Crippen MR) is 71.6 cm³/mol. The number of hydrogen-bond acceptors (Lipinski definition) is 5. The zero-order chi connectivity index (χ0) is 12.3. The normalized spacial score (nSPS) is 10.0. The number of rotatable bonds is 3. The minimum Gasteiger partial charge on any atom is -0.387 e. The van der Waals surface area contributed by atoms with Gasteiger partial charge in [0.25, 0.3) is 5.91 Å². The standard InChI is InChI=1S/C10H9BrN4OS/c1-12-7-2-3-13-4-6(7)9(16)15-10-14-5-8(11)17-10/h2-5H,1H3,(H,12,13)(H,14,15,16). The van der Waals surface area contributed by atoms with Crippen molar-refractivity contribution < 1.29 is 4.79 Å². The van der Waals surface area contributed by atoms with Crippen LogP contribution >= 0.6 is 27.3 Å². The lowest BCUT2D eigenvalue weighted by molar-refractivity contribution is 0.102. The Morgan fingerprint density at radius 2 is 2.29 bits per heavy atom. The maximum absolute atomic E-state index is 12.0.